The van der Waals surface area contributed by atoms with Crippen molar-refractivity contribution in [2.75, 3.05) is 30.3 Å². The predicted molar refractivity (Wildman–Crippen MR) is 75.1 cm³/mol. The van der Waals surface area contributed by atoms with Crippen LogP contribution in [0.3, 0.4) is 0 Å². The van der Waals surface area contributed by atoms with Crippen LogP contribution in [0.2, 0.25) is 0 Å². The maximum absolute atomic E-state index is 10.5. The van der Waals surface area contributed by atoms with Gasteiger partial charge in [0.15, 0.2) is 4.34 Å². The fourth-order valence-corrected chi connectivity index (χ4v) is 3.59. The summed E-state index contributed by atoms with van der Waals surface area (Å²) < 4.78 is 6.36. The van der Waals surface area contributed by atoms with E-state index in [0.717, 1.165) is 37.7 Å². The van der Waals surface area contributed by atoms with Crippen LogP contribution in [0.1, 0.15) is 19.8 Å². The van der Waals surface area contributed by atoms with Crippen molar-refractivity contribution in [2.45, 2.75) is 30.2 Å². The number of piperidine rings is 1. The van der Waals surface area contributed by atoms with Gasteiger partial charge in [-0.2, -0.15) is 0 Å². The number of rotatable bonds is 6. The Morgan fingerprint density at radius 3 is 3.21 bits per heavy atom. The van der Waals surface area contributed by atoms with Gasteiger partial charge in [0.05, 0.1) is 11.9 Å². The summed E-state index contributed by atoms with van der Waals surface area (Å²) in [5.74, 6) is -0.813. The molecule has 0 aromatic carbocycles. The van der Waals surface area contributed by atoms with Crippen molar-refractivity contribution in [2.24, 2.45) is 0 Å². The third-order valence-corrected chi connectivity index (χ3v) is 4.87. The number of aliphatic carboxylic acids is 1. The quantitative estimate of drug-likeness (QED) is 0.802. The van der Waals surface area contributed by atoms with Crippen LogP contribution in [0.5, 0.6) is 0 Å². The second-order valence-corrected chi connectivity index (χ2v) is 6.38. The Kier molecular flexibility index (Phi) is 5.41. The molecule has 0 spiro atoms. The molecule has 1 fully saturated rings. The van der Waals surface area contributed by atoms with E-state index >= 15 is 0 Å². The number of hydrogen-bond acceptors (Lipinski definition) is 7. The Labute approximate surface area is 120 Å². The zero-order valence-corrected chi connectivity index (χ0v) is 12.4. The van der Waals surface area contributed by atoms with Gasteiger partial charge in [-0.15, -0.1) is 10.2 Å². The van der Waals surface area contributed by atoms with Crippen LogP contribution in [0.25, 0.3) is 0 Å². The first-order valence-corrected chi connectivity index (χ1v) is 8.04. The average molecular weight is 303 g/mol. The molecule has 1 aliphatic heterocycles. The third-order valence-electron chi connectivity index (χ3n) is 2.77. The van der Waals surface area contributed by atoms with Crippen LogP contribution in [0.4, 0.5) is 5.13 Å². The predicted octanol–water partition coefficient (Wildman–Crippen LogP) is 1.72. The highest BCUT2D eigenvalue weighted by Crippen LogP contribution is 2.29. The Morgan fingerprint density at radius 2 is 2.47 bits per heavy atom. The number of carboxylic acids is 1. The van der Waals surface area contributed by atoms with Gasteiger partial charge in [0, 0.05) is 19.7 Å². The Bertz CT molecular complexity index is 425. The highest BCUT2D eigenvalue weighted by atomic mass is 32.2. The van der Waals surface area contributed by atoms with E-state index in [9.17, 15) is 4.79 Å². The first kappa shape index (κ1) is 14.5. The fraction of sp³-hybridized carbons (Fsp3) is 0.727. The number of ether oxygens (including phenoxy) is 1. The largest absolute Gasteiger partial charge is 0.481 e. The second-order valence-electron chi connectivity index (χ2n) is 4.20. The highest BCUT2D eigenvalue weighted by molar-refractivity contribution is 8.01. The first-order chi connectivity index (χ1) is 9.19. The maximum atomic E-state index is 10.5. The van der Waals surface area contributed by atoms with Gasteiger partial charge < -0.3 is 14.7 Å². The molecule has 0 bridgehead atoms. The van der Waals surface area contributed by atoms with Crippen LogP contribution in [0, 0.1) is 0 Å². The van der Waals surface area contributed by atoms with E-state index in [1.807, 2.05) is 6.92 Å². The van der Waals surface area contributed by atoms with E-state index in [0.29, 0.717) is 4.34 Å². The van der Waals surface area contributed by atoms with Gasteiger partial charge in [-0.3, -0.25) is 4.79 Å². The summed E-state index contributed by atoms with van der Waals surface area (Å²) in [5.41, 5.74) is 0. The molecule has 106 valence electrons. The average Bonchev–Trinajstić information content (AvgIpc) is 2.86. The van der Waals surface area contributed by atoms with Crippen molar-refractivity contribution in [3.63, 3.8) is 0 Å². The number of thioether (sulfide) groups is 1. The van der Waals surface area contributed by atoms with Crippen molar-refractivity contribution in [3.8, 4) is 0 Å². The van der Waals surface area contributed by atoms with E-state index < -0.39 is 5.97 Å². The Hall–Kier alpha value is -0.860. The molecular formula is C11H17N3O3S2. The third kappa shape index (κ3) is 4.32. The van der Waals surface area contributed by atoms with Crippen molar-refractivity contribution in [1.29, 1.82) is 0 Å². The molecule has 0 radical (unpaired) electrons. The summed E-state index contributed by atoms with van der Waals surface area (Å²) in [7, 11) is 0. The molecule has 19 heavy (non-hydrogen) atoms. The summed E-state index contributed by atoms with van der Waals surface area (Å²) in [6.07, 6.45) is 2.43. The minimum absolute atomic E-state index is 0.0240. The molecule has 1 aliphatic rings. The standard InChI is InChI=1S/C11H17N3O3S2/c1-2-17-8-4-3-5-14(6-8)10-12-13-11(19-10)18-7-9(15)16/h8H,2-7H2,1H3,(H,15,16). The summed E-state index contributed by atoms with van der Waals surface area (Å²) in [6, 6.07) is 0. The van der Waals surface area contributed by atoms with Crippen LogP contribution in [-0.4, -0.2) is 52.8 Å². The highest BCUT2D eigenvalue weighted by Gasteiger charge is 2.23. The molecule has 0 aliphatic carbocycles. The lowest BCUT2D eigenvalue weighted by Crippen LogP contribution is -2.39. The zero-order chi connectivity index (χ0) is 13.7. The number of carbonyl (C=O) groups is 1. The van der Waals surface area contributed by atoms with Crippen molar-refractivity contribution < 1.29 is 14.6 Å². The van der Waals surface area contributed by atoms with Crippen LogP contribution < -0.4 is 4.90 Å². The molecule has 1 atom stereocenters. The SMILES string of the molecule is CCOC1CCCN(c2nnc(SCC(=O)O)s2)C1. The van der Waals surface area contributed by atoms with Crippen LogP contribution in [0.15, 0.2) is 4.34 Å². The summed E-state index contributed by atoms with van der Waals surface area (Å²) in [5, 5.41) is 17.6. The lowest BCUT2D eigenvalue weighted by Gasteiger charge is -2.31. The van der Waals surface area contributed by atoms with E-state index in [2.05, 4.69) is 15.1 Å². The van der Waals surface area contributed by atoms with Gasteiger partial charge in [0.25, 0.3) is 0 Å². The van der Waals surface area contributed by atoms with Gasteiger partial charge in [-0.1, -0.05) is 23.1 Å². The smallest absolute Gasteiger partial charge is 0.313 e. The molecule has 1 saturated heterocycles. The summed E-state index contributed by atoms with van der Waals surface area (Å²) >= 11 is 2.66. The van der Waals surface area contributed by atoms with E-state index in [1.54, 1.807) is 0 Å². The van der Waals surface area contributed by atoms with Crippen molar-refractivity contribution in [3.05, 3.63) is 0 Å². The minimum atomic E-state index is -0.837. The molecule has 2 rings (SSSR count). The van der Waals surface area contributed by atoms with Crippen molar-refractivity contribution in [1.82, 2.24) is 10.2 Å². The van der Waals surface area contributed by atoms with E-state index in [-0.39, 0.29) is 11.9 Å². The molecule has 6 nitrogen and oxygen atoms in total. The zero-order valence-electron chi connectivity index (χ0n) is 10.7. The Balaban J connectivity index is 1.92. The van der Waals surface area contributed by atoms with Crippen LogP contribution in [-0.2, 0) is 9.53 Å². The molecule has 1 N–H and O–H groups in total. The number of anilines is 1. The minimum Gasteiger partial charge on any atom is -0.481 e. The Morgan fingerprint density at radius 1 is 1.63 bits per heavy atom. The lowest BCUT2D eigenvalue weighted by molar-refractivity contribution is -0.133. The van der Waals surface area contributed by atoms with Crippen LogP contribution >= 0.6 is 23.1 Å². The molecule has 1 aromatic rings. The molecule has 0 amide bonds. The molecule has 8 heteroatoms. The van der Waals surface area contributed by atoms with E-state index in [4.69, 9.17) is 9.84 Å². The number of carboxylic acid groups (broad SMARTS) is 1. The fourth-order valence-electron chi connectivity index (χ4n) is 2.00. The summed E-state index contributed by atoms with van der Waals surface area (Å²) in [4.78, 5) is 12.7. The normalized spacial score (nSPS) is 19.6. The van der Waals surface area contributed by atoms with Crippen molar-refractivity contribution >= 4 is 34.2 Å². The number of hydrogen-bond donors (Lipinski definition) is 1. The number of nitrogens with zero attached hydrogens (tertiary/aromatic N) is 3. The second kappa shape index (κ2) is 7.06. The van der Waals surface area contributed by atoms with Gasteiger partial charge in [-0.25, -0.2) is 0 Å². The molecule has 2 heterocycles. The molecular weight excluding hydrogens is 286 g/mol. The monoisotopic (exact) mass is 303 g/mol. The maximum Gasteiger partial charge on any atom is 0.313 e. The van der Waals surface area contributed by atoms with E-state index in [1.165, 1.54) is 23.1 Å². The topological polar surface area (TPSA) is 75.5 Å². The van der Waals surface area contributed by atoms with Gasteiger partial charge in [0.2, 0.25) is 5.13 Å². The molecule has 0 saturated carbocycles. The summed E-state index contributed by atoms with van der Waals surface area (Å²) in [6.45, 7) is 4.53. The lowest BCUT2D eigenvalue weighted by atomic mass is 10.1. The van der Waals surface area contributed by atoms with Gasteiger partial charge in [-0.05, 0) is 19.8 Å². The van der Waals surface area contributed by atoms with Gasteiger partial charge >= 0.3 is 5.97 Å². The number of aromatic nitrogens is 2. The molecule has 1 unspecified atom stereocenters. The first-order valence-electron chi connectivity index (χ1n) is 6.23. The molecule has 1 aromatic heterocycles. The van der Waals surface area contributed by atoms with Gasteiger partial charge in [0.1, 0.15) is 0 Å².